The number of carbonyl (C=O) groups is 2. The summed E-state index contributed by atoms with van der Waals surface area (Å²) in [5, 5.41) is 6.77. The topological polar surface area (TPSA) is 103 Å². The highest BCUT2D eigenvalue weighted by Gasteiger charge is 2.23. The summed E-state index contributed by atoms with van der Waals surface area (Å²) in [5.41, 5.74) is 7.59. The Bertz CT molecular complexity index is 764. The van der Waals surface area contributed by atoms with Gasteiger partial charge in [0.2, 0.25) is 11.8 Å². The van der Waals surface area contributed by atoms with Crippen LogP contribution in [0.4, 0.5) is 5.69 Å². The van der Waals surface area contributed by atoms with E-state index in [9.17, 15) is 9.59 Å². The number of nitrogens with one attached hydrogen (secondary N) is 2. The third kappa shape index (κ3) is 7.64. The van der Waals surface area contributed by atoms with Crippen molar-refractivity contribution in [3.8, 4) is 0 Å². The van der Waals surface area contributed by atoms with E-state index in [4.69, 9.17) is 5.73 Å². The number of hydrogen-bond donors (Lipinski definition) is 3. The lowest BCUT2D eigenvalue weighted by Gasteiger charge is -2.32. The second-order valence-corrected chi connectivity index (χ2v) is 7.95. The number of primary amides is 1. The molecule has 0 bridgehead atoms. The van der Waals surface area contributed by atoms with E-state index in [0.717, 1.165) is 63.5 Å². The van der Waals surface area contributed by atoms with Crippen LogP contribution in [0.1, 0.15) is 38.2 Å². The Morgan fingerprint density at radius 2 is 1.94 bits per heavy atom. The van der Waals surface area contributed by atoms with Gasteiger partial charge in [0.25, 0.3) is 0 Å². The predicted octanol–water partition coefficient (Wildman–Crippen LogP) is 1.48. The number of guanidine groups is 1. The molecule has 1 saturated heterocycles. The lowest BCUT2D eigenvalue weighted by molar-refractivity contribution is -0.119. The van der Waals surface area contributed by atoms with Crippen molar-refractivity contribution >= 4 is 47.4 Å². The Labute approximate surface area is 202 Å². The van der Waals surface area contributed by atoms with Crippen molar-refractivity contribution in [1.29, 1.82) is 0 Å². The van der Waals surface area contributed by atoms with Crippen LogP contribution in [0.25, 0.3) is 0 Å². The number of para-hydroxylation sites is 1. The first-order chi connectivity index (χ1) is 14.6. The van der Waals surface area contributed by atoms with Crippen LogP contribution in [0.15, 0.2) is 29.3 Å². The van der Waals surface area contributed by atoms with Gasteiger partial charge in [-0.25, -0.2) is 0 Å². The molecule has 0 saturated carbocycles. The van der Waals surface area contributed by atoms with Gasteiger partial charge in [0.05, 0.1) is 6.54 Å². The number of likely N-dealkylation sites (tertiary alicyclic amines) is 1. The molecule has 0 unspecified atom stereocenters. The van der Waals surface area contributed by atoms with E-state index in [2.05, 4.69) is 26.6 Å². The number of piperidine rings is 1. The number of hydrogen-bond acceptors (Lipinski definition) is 4. The van der Waals surface area contributed by atoms with Crippen LogP contribution in [-0.4, -0.2) is 68.0 Å². The molecule has 172 valence electrons. The van der Waals surface area contributed by atoms with Crippen molar-refractivity contribution in [3.05, 3.63) is 29.8 Å². The third-order valence-corrected chi connectivity index (χ3v) is 5.66. The molecular formula is C22H35IN6O2. The van der Waals surface area contributed by atoms with E-state index in [0.29, 0.717) is 25.6 Å². The number of fused-ring (bicyclic) bond motifs is 1. The molecule has 2 amide bonds. The normalized spacial score (nSPS) is 17.1. The maximum absolute atomic E-state index is 12.6. The monoisotopic (exact) mass is 542 g/mol. The maximum Gasteiger partial charge on any atom is 0.231 e. The van der Waals surface area contributed by atoms with Crippen molar-refractivity contribution in [2.45, 2.75) is 45.1 Å². The fourth-order valence-electron chi connectivity index (χ4n) is 4.12. The first-order valence-electron chi connectivity index (χ1n) is 11.0. The molecule has 1 fully saturated rings. The molecule has 4 N–H and O–H groups in total. The molecule has 31 heavy (non-hydrogen) atoms. The Hall–Kier alpha value is -1.88. The third-order valence-electron chi connectivity index (χ3n) is 5.66. The van der Waals surface area contributed by atoms with Crippen LogP contribution in [-0.2, 0) is 16.0 Å². The zero-order valence-electron chi connectivity index (χ0n) is 18.3. The molecule has 1 aromatic carbocycles. The van der Waals surface area contributed by atoms with Crippen LogP contribution in [0, 0.1) is 0 Å². The van der Waals surface area contributed by atoms with Gasteiger partial charge in [-0.05, 0) is 44.2 Å². The molecule has 0 aliphatic carbocycles. The van der Waals surface area contributed by atoms with E-state index < -0.39 is 0 Å². The molecule has 3 rings (SSSR count). The molecule has 0 spiro atoms. The Kier molecular flexibility index (Phi) is 10.5. The molecule has 0 radical (unpaired) electrons. The number of aliphatic imine (C=N–C) groups is 1. The summed E-state index contributed by atoms with van der Waals surface area (Å²) in [7, 11) is 0. The first-order valence-corrected chi connectivity index (χ1v) is 11.0. The largest absolute Gasteiger partial charge is 0.369 e. The predicted molar refractivity (Wildman–Crippen MR) is 135 cm³/mol. The lowest BCUT2D eigenvalue weighted by atomic mass is 10.1. The summed E-state index contributed by atoms with van der Waals surface area (Å²) in [4.78, 5) is 32.3. The van der Waals surface area contributed by atoms with Crippen molar-refractivity contribution in [3.63, 3.8) is 0 Å². The number of nitrogens with two attached hydrogens (primary N) is 1. The molecule has 2 heterocycles. The second-order valence-electron chi connectivity index (χ2n) is 7.95. The molecule has 0 atom stereocenters. The van der Waals surface area contributed by atoms with Gasteiger partial charge in [0.15, 0.2) is 5.96 Å². The SMILES string of the molecule is CCNC(=NCCCC(=O)N1CCc2ccccc21)NC1CCN(CC(N)=O)CC1.I. The van der Waals surface area contributed by atoms with Gasteiger partial charge in [-0.2, -0.15) is 0 Å². The van der Waals surface area contributed by atoms with Crippen molar-refractivity contribution in [2.75, 3.05) is 44.2 Å². The van der Waals surface area contributed by atoms with E-state index in [1.54, 1.807) is 0 Å². The molecule has 1 aromatic rings. The summed E-state index contributed by atoms with van der Waals surface area (Å²) in [6.45, 7) is 6.25. The van der Waals surface area contributed by atoms with Gasteiger partial charge < -0.3 is 21.3 Å². The second kappa shape index (κ2) is 12.8. The zero-order valence-corrected chi connectivity index (χ0v) is 20.6. The number of rotatable bonds is 8. The van der Waals surface area contributed by atoms with Crippen LogP contribution in [0.5, 0.6) is 0 Å². The van der Waals surface area contributed by atoms with Gasteiger partial charge in [-0.15, -0.1) is 24.0 Å². The highest BCUT2D eigenvalue weighted by atomic mass is 127. The highest BCUT2D eigenvalue weighted by Crippen LogP contribution is 2.28. The van der Waals surface area contributed by atoms with Gasteiger partial charge in [0, 0.05) is 50.9 Å². The van der Waals surface area contributed by atoms with E-state index in [1.165, 1.54) is 5.56 Å². The van der Waals surface area contributed by atoms with Crippen LogP contribution < -0.4 is 21.3 Å². The fraction of sp³-hybridized carbons (Fsp3) is 0.591. The van der Waals surface area contributed by atoms with E-state index >= 15 is 0 Å². The molecule has 8 nitrogen and oxygen atoms in total. The minimum atomic E-state index is -0.275. The molecular weight excluding hydrogens is 507 g/mol. The van der Waals surface area contributed by atoms with Crippen molar-refractivity contribution in [1.82, 2.24) is 15.5 Å². The van der Waals surface area contributed by atoms with Gasteiger partial charge in [-0.3, -0.25) is 19.5 Å². The zero-order chi connectivity index (χ0) is 21.3. The summed E-state index contributed by atoms with van der Waals surface area (Å²) in [6.07, 6.45) is 4.07. The fourth-order valence-corrected chi connectivity index (χ4v) is 4.12. The molecule has 0 aromatic heterocycles. The van der Waals surface area contributed by atoms with Gasteiger partial charge in [0.1, 0.15) is 0 Å². The first kappa shape index (κ1) is 25.4. The standard InChI is InChI=1S/C22H34N6O2.HI/c1-2-24-22(26-18-10-13-27(14-11-18)16-20(23)29)25-12-5-8-21(30)28-15-9-17-6-3-4-7-19(17)28;/h3-4,6-7,18H,2,5,8-16H2,1H3,(H2,23,29)(H2,24,25,26);1H. The van der Waals surface area contributed by atoms with Crippen LogP contribution in [0.2, 0.25) is 0 Å². The summed E-state index contributed by atoms with van der Waals surface area (Å²) >= 11 is 0. The number of benzene rings is 1. The van der Waals surface area contributed by atoms with E-state index in [1.807, 2.05) is 30.0 Å². The summed E-state index contributed by atoms with van der Waals surface area (Å²) in [6, 6.07) is 8.47. The average Bonchev–Trinajstić information content (AvgIpc) is 3.16. The molecule has 2 aliphatic rings. The number of amides is 2. The minimum absolute atomic E-state index is 0. The molecule has 2 aliphatic heterocycles. The summed E-state index contributed by atoms with van der Waals surface area (Å²) in [5.74, 6) is 0.697. The average molecular weight is 542 g/mol. The lowest BCUT2D eigenvalue weighted by Crippen LogP contribution is -2.49. The Morgan fingerprint density at radius 1 is 1.19 bits per heavy atom. The summed E-state index contributed by atoms with van der Waals surface area (Å²) < 4.78 is 0. The number of halogens is 1. The minimum Gasteiger partial charge on any atom is -0.369 e. The Balaban J connectivity index is 0.00000341. The smallest absolute Gasteiger partial charge is 0.231 e. The van der Waals surface area contributed by atoms with Crippen molar-refractivity contribution in [2.24, 2.45) is 10.7 Å². The van der Waals surface area contributed by atoms with Crippen LogP contribution >= 0.6 is 24.0 Å². The molecule has 9 heteroatoms. The highest BCUT2D eigenvalue weighted by molar-refractivity contribution is 14.0. The van der Waals surface area contributed by atoms with Gasteiger partial charge in [-0.1, -0.05) is 18.2 Å². The Morgan fingerprint density at radius 3 is 2.65 bits per heavy atom. The number of nitrogens with zero attached hydrogens (tertiary/aromatic N) is 3. The number of carbonyl (C=O) groups excluding carboxylic acids is 2. The number of anilines is 1. The maximum atomic E-state index is 12.6. The van der Waals surface area contributed by atoms with Gasteiger partial charge >= 0.3 is 0 Å². The van der Waals surface area contributed by atoms with E-state index in [-0.39, 0.29) is 35.8 Å². The quantitative estimate of drug-likeness (QED) is 0.200. The van der Waals surface area contributed by atoms with Crippen molar-refractivity contribution < 1.29 is 9.59 Å². The van der Waals surface area contributed by atoms with Crippen LogP contribution in [0.3, 0.4) is 0 Å².